The first-order chi connectivity index (χ1) is 12.7. The minimum Gasteiger partial charge on any atom is -0.444 e. The molecule has 2 amide bonds. The van der Waals surface area contributed by atoms with Gasteiger partial charge < -0.3 is 14.4 Å². The molecule has 1 fully saturated rings. The molecule has 2 heterocycles. The van der Waals surface area contributed by atoms with Gasteiger partial charge in [0.15, 0.2) is 0 Å². The average Bonchev–Trinajstić information content (AvgIpc) is 2.59. The zero-order valence-electron chi connectivity index (χ0n) is 16.4. The van der Waals surface area contributed by atoms with E-state index in [1.54, 1.807) is 11.8 Å². The van der Waals surface area contributed by atoms with Gasteiger partial charge in [0, 0.05) is 31.6 Å². The van der Waals surface area contributed by atoms with Crippen molar-refractivity contribution in [3.05, 3.63) is 33.8 Å². The van der Waals surface area contributed by atoms with E-state index in [0.717, 1.165) is 23.1 Å². The lowest BCUT2D eigenvalue weighted by atomic mass is 9.90. The maximum atomic E-state index is 12.8. The fraction of sp³-hybridized carbons (Fsp3) is 0.600. The molecule has 2 aliphatic heterocycles. The van der Waals surface area contributed by atoms with Crippen LogP contribution in [0, 0.1) is 0 Å². The summed E-state index contributed by atoms with van der Waals surface area (Å²) in [5.41, 5.74) is 2.56. The molecule has 1 aromatic carbocycles. The largest absolute Gasteiger partial charge is 0.444 e. The van der Waals surface area contributed by atoms with Crippen molar-refractivity contribution in [2.75, 3.05) is 26.3 Å². The summed E-state index contributed by atoms with van der Waals surface area (Å²) >= 11 is 6.38. The second kappa shape index (κ2) is 7.68. The van der Waals surface area contributed by atoms with Gasteiger partial charge in [-0.2, -0.15) is 0 Å². The highest BCUT2D eigenvalue weighted by atomic mass is 35.5. The molecule has 0 N–H and O–H groups in total. The molecule has 1 atom stereocenters. The van der Waals surface area contributed by atoms with E-state index in [1.165, 1.54) is 0 Å². The van der Waals surface area contributed by atoms with Crippen LogP contribution >= 0.6 is 11.6 Å². The minimum absolute atomic E-state index is 0.0467. The van der Waals surface area contributed by atoms with E-state index >= 15 is 0 Å². The zero-order valence-corrected chi connectivity index (χ0v) is 17.1. The van der Waals surface area contributed by atoms with E-state index in [9.17, 15) is 9.59 Å². The first-order valence-corrected chi connectivity index (χ1v) is 9.67. The van der Waals surface area contributed by atoms with Gasteiger partial charge in [-0.3, -0.25) is 9.69 Å². The topological polar surface area (TPSA) is 59.1 Å². The molecule has 2 aliphatic rings. The summed E-state index contributed by atoms with van der Waals surface area (Å²) in [6, 6.07) is 3.56. The van der Waals surface area contributed by atoms with E-state index in [0.29, 0.717) is 37.9 Å². The maximum absolute atomic E-state index is 12.8. The van der Waals surface area contributed by atoms with Crippen LogP contribution in [0.2, 0.25) is 5.02 Å². The van der Waals surface area contributed by atoms with Crippen molar-refractivity contribution in [2.24, 2.45) is 0 Å². The number of carbonyl (C=O) groups excluding carboxylic acids is 2. The number of carbonyl (C=O) groups is 2. The fourth-order valence-electron chi connectivity index (χ4n) is 3.62. The Kier molecular flexibility index (Phi) is 5.68. The van der Waals surface area contributed by atoms with Crippen LogP contribution in [0.3, 0.4) is 0 Å². The highest BCUT2D eigenvalue weighted by Crippen LogP contribution is 2.35. The third-order valence-electron chi connectivity index (χ3n) is 4.90. The first-order valence-electron chi connectivity index (χ1n) is 9.30. The SMILES string of the molecule is CC(=O)N1CCc2cc(Cl)cc(C3COCCN3C(=O)OC(C)(C)C)c2C1. The maximum Gasteiger partial charge on any atom is 0.410 e. The fourth-order valence-corrected chi connectivity index (χ4v) is 3.87. The molecule has 0 aromatic heterocycles. The quantitative estimate of drug-likeness (QED) is 0.730. The Hall–Kier alpha value is -1.79. The van der Waals surface area contributed by atoms with Crippen LogP contribution < -0.4 is 0 Å². The lowest BCUT2D eigenvalue weighted by Gasteiger charge is -2.39. The van der Waals surface area contributed by atoms with Crippen molar-refractivity contribution in [3.8, 4) is 0 Å². The number of ether oxygens (including phenoxy) is 2. The van der Waals surface area contributed by atoms with E-state index in [1.807, 2.05) is 37.8 Å². The summed E-state index contributed by atoms with van der Waals surface area (Å²) in [6.07, 6.45) is 0.395. The lowest BCUT2D eigenvalue weighted by molar-refractivity contribution is -0.129. The van der Waals surface area contributed by atoms with Crippen LogP contribution in [0.5, 0.6) is 0 Å². The highest BCUT2D eigenvalue weighted by molar-refractivity contribution is 6.30. The summed E-state index contributed by atoms with van der Waals surface area (Å²) in [5.74, 6) is 0.0467. The van der Waals surface area contributed by atoms with Crippen molar-refractivity contribution >= 4 is 23.6 Å². The van der Waals surface area contributed by atoms with Gasteiger partial charge in [-0.25, -0.2) is 4.79 Å². The normalized spacial score (nSPS) is 20.3. The van der Waals surface area contributed by atoms with Gasteiger partial charge in [-0.1, -0.05) is 11.6 Å². The molecule has 1 saturated heterocycles. The predicted octanol–water partition coefficient (Wildman–Crippen LogP) is 3.55. The summed E-state index contributed by atoms with van der Waals surface area (Å²) in [7, 11) is 0. The van der Waals surface area contributed by atoms with E-state index in [-0.39, 0.29) is 18.0 Å². The van der Waals surface area contributed by atoms with Gasteiger partial charge in [0.2, 0.25) is 5.91 Å². The molecule has 6 nitrogen and oxygen atoms in total. The van der Waals surface area contributed by atoms with Crippen LogP contribution in [0.1, 0.15) is 50.4 Å². The Morgan fingerprint density at radius 3 is 2.67 bits per heavy atom. The standard InChI is InChI=1S/C20H27ClN2O4/c1-13(24)22-6-5-14-9-15(21)10-16(17(14)11-22)18-12-26-8-7-23(18)19(25)27-20(2,3)4/h9-10,18H,5-8,11-12H2,1-4H3. The Labute approximate surface area is 165 Å². The van der Waals surface area contributed by atoms with Crippen LogP contribution in [0.4, 0.5) is 4.79 Å². The second-order valence-electron chi connectivity index (χ2n) is 8.09. The number of hydrogen-bond acceptors (Lipinski definition) is 4. The van der Waals surface area contributed by atoms with Crippen molar-refractivity contribution in [1.29, 1.82) is 0 Å². The number of fused-ring (bicyclic) bond motifs is 1. The van der Waals surface area contributed by atoms with Gasteiger partial charge in [0.05, 0.1) is 19.3 Å². The highest BCUT2D eigenvalue weighted by Gasteiger charge is 2.35. The molecule has 0 bridgehead atoms. The Balaban J connectivity index is 1.97. The van der Waals surface area contributed by atoms with Crippen molar-refractivity contribution < 1.29 is 19.1 Å². The second-order valence-corrected chi connectivity index (χ2v) is 8.52. The van der Waals surface area contributed by atoms with Crippen LogP contribution in [-0.4, -0.2) is 53.7 Å². The summed E-state index contributed by atoms with van der Waals surface area (Å²) in [4.78, 5) is 28.2. The van der Waals surface area contributed by atoms with Gasteiger partial charge in [-0.05, 0) is 56.0 Å². The Bertz CT molecular complexity index is 744. The zero-order chi connectivity index (χ0) is 19.8. The number of rotatable bonds is 1. The molecule has 27 heavy (non-hydrogen) atoms. The third-order valence-corrected chi connectivity index (χ3v) is 5.12. The molecule has 3 rings (SSSR count). The van der Waals surface area contributed by atoms with Crippen LogP contribution in [-0.2, 0) is 27.2 Å². The Morgan fingerprint density at radius 2 is 2.00 bits per heavy atom. The van der Waals surface area contributed by atoms with Crippen molar-refractivity contribution in [3.63, 3.8) is 0 Å². The first kappa shape index (κ1) is 20.0. The molecule has 7 heteroatoms. The average molecular weight is 395 g/mol. The molecule has 0 spiro atoms. The van der Waals surface area contributed by atoms with Gasteiger partial charge >= 0.3 is 6.09 Å². The number of benzene rings is 1. The smallest absolute Gasteiger partial charge is 0.410 e. The van der Waals surface area contributed by atoms with Crippen LogP contribution in [0.25, 0.3) is 0 Å². The monoisotopic (exact) mass is 394 g/mol. The molecule has 1 aromatic rings. The molecular formula is C20H27ClN2O4. The van der Waals surface area contributed by atoms with Gasteiger partial charge in [0.25, 0.3) is 0 Å². The number of nitrogens with zero attached hydrogens (tertiary/aromatic N) is 2. The summed E-state index contributed by atoms with van der Waals surface area (Å²) in [6.45, 7) is 9.65. The van der Waals surface area contributed by atoms with Crippen molar-refractivity contribution in [2.45, 2.75) is 52.3 Å². The molecule has 1 unspecified atom stereocenters. The van der Waals surface area contributed by atoms with E-state index < -0.39 is 5.60 Å². The Morgan fingerprint density at radius 1 is 1.26 bits per heavy atom. The summed E-state index contributed by atoms with van der Waals surface area (Å²) in [5, 5.41) is 0.634. The number of amides is 2. The molecule has 148 valence electrons. The summed E-state index contributed by atoms with van der Waals surface area (Å²) < 4.78 is 11.3. The molecule has 0 aliphatic carbocycles. The minimum atomic E-state index is -0.570. The molecule has 0 radical (unpaired) electrons. The number of halogens is 1. The lowest BCUT2D eigenvalue weighted by Crippen LogP contribution is -2.46. The van der Waals surface area contributed by atoms with Crippen molar-refractivity contribution in [1.82, 2.24) is 9.80 Å². The molecular weight excluding hydrogens is 368 g/mol. The third kappa shape index (κ3) is 4.55. The van der Waals surface area contributed by atoms with Gasteiger partial charge in [0.1, 0.15) is 5.60 Å². The van der Waals surface area contributed by atoms with Gasteiger partial charge in [-0.15, -0.1) is 0 Å². The predicted molar refractivity (Wildman–Crippen MR) is 103 cm³/mol. The van der Waals surface area contributed by atoms with Crippen LogP contribution in [0.15, 0.2) is 12.1 Å². The number of hydrogen-bond donors (Lipinski definition) is 0. The molecule has 0 saturated carbocycles. The van der Waals surface area contributed by atoms with E-state index in [2.05, 4.69) is 0 Å². The van der Waals surface area contributed by atoms with E-state index in [4.69, 9.17) is 21.1 Å². The number of morpholine rings is 1.